The summed E-state index contributed by atoms with van der Waals surface area (Å²) in [5, 5.41) is 8.65. The number of aliphatic hydroxyl groups is 1. The SMILES string of the molecule is O=c1ccn(CCOc2cccc(C#CCO)c2)c(=O)[nH]1. The van der Waals surface area contributed by atoms with Crippen molar-refractivity contribution in [2.24, 2.45) is 0 Å². The number of nitrogens with one attached hydrogen (secondary N) is 1. The van der Waals surface area contributed by atoms with Gasteiger partial charge in [0.2, 0.25) is 0 Å². The number of nitrogens with zero attached hydrogens (tertiary/aromatic N) is 1. The molecule has 0 fully saturated rings. The van der Waals surface area contributed by atoms with Crippen LogP contribution in [0, 0.1) is 11.8 Å². The Morgan fingerprint density at radius 3 is 2.90 bits per heavy atom. The van der Waals surface area contributed by atoms with E-state index in [4.69, 9.17) is 9.84 Å². The van der Waals surface area contributed by atoms with Crippen molar-refractivity contribution in [3.05, 3.63) is 62.9 Å². The first-order valence-electron chi connectivity index (χ1n) is 6.31. The van der Waals surface area contributed by atoms with Crippen molar-refractivity contribution in [2.45, 2.75) is 6.54 Å². The van der Waals surface area contributed by atoms with Gasteiger partial charge in [0.25, 0.3) is 5.56 Å². The molecule has 0 saturated carbocycles. The van der Waals surface area contributed by atoms with Gasteiger partial charge in [0.15, 0.2) is 0 Å². The molecule has 6 nitrogen and oxygen atoms in total. The van der Waals surface area contributed by atoms with Crippen LogP contribution in [0.1, 0.15) is 5.56 Å². The van der Waals surface area contributed by atoms with Crippen molar-refractivity contribution >= 4 is 0 Å². The number of aromatic nitrogens is 2. The van der Waals surface area contributed by atoms with Gasteiger partial charge in [-0.3, -0.25) is 14.3 Å². The van der Waals surface area contributed by atoms with Gasteiger partial charge in [-0.25, -0.2) is 4.79 Å². The summed E-state index contributed by atoms with van der Waals surface area (Å²) in [5.74, 6) is 5.96. The minimum atomic E-state index is -0.464. The Morgan fingerprint density at radius 2 is 2.14 bits per heavy atom. The van der Waals surface area contributed by atoms with E-state index in [0.29, 0.717) is 12.3 Å². The van der Waals surface area contributed by atoms with E-state index in [0.717, 1.165) is 5.56 Å². The quantitative estimate of drug-likeness (QED) is 0.772. The average Bonchev–Trinajstić information content (AvgIpc) is 2.48. The molecule has 0 aliphatic rings. The summed E-state index contributed by atoms with van der Waals surface area (Å²) in [5.41, 5.74) is -0.149. The van der Waals surface area contributed by atoms with E-state index < -0.39 is 11.2 Å². The molecular weight excluding hydrogens is 272 g/mol. The monoisotopic (exact) mass is 286 g/mol. The fraction of sp³-hybridized carbons (Fsp3) is 0.200. The Balaban J connectivity index is 1.97. The number of H-pyrrole nitrogens is 1. The van der Waals surface area contributed by atoms with E-state index in [1.807, 2.05) is 6.07 Å². The molecule has 108 valence electrons. The highest BCUT2D eigenvalue weighted by Crippen LogP contribution is 2.12. The van der Waals surface area contributed by atoms with E-state index in [2.05, 4.69) is 16.8 Å². The molecule has 2 rings (SSSR count). The fourth-order valence-electron chi connectivity index (χ4n) is 1.69. The number of hydrogen-bond donors (Lipinski definition) is 2. The van der Waals surface area contributed by atoms with Crippen LogP contribution in [-0.2, 0) is 6.54 Å². The van der Waals surface area contributed by atoms with Gasteiger partial charge < -0.3 is 9.84 Å². The van der Waals surface area contributed by atoms with Crippen molar-refractivity contribution in [2.75, 3.05) is 13.2 Å². The Bertz CT molecular complexity index is 780. The molecule has 0 radical (unpaired) electrons. The maximum Gasteiger partial charge on any atom is 0.328 e. The zero-order valence-corrected chi connectivity index (χ0v) is 11.2. The molecule has 0 unspecified atom stereocenters. The van der Waals surface area contributed by atoms with Crippen LogP contribution in [0.4, 0.5) is 0 Å². The highest BCUT2D eigenvalue weighted by Gasteiger charge is 1.98. The zero-order valence-electron chi connectivity index (χ0n) is 11.2. The van der Waals surface area contributed by atoms with Crippen molar-refractivity contribution in [3.8, 4) is 17.6 Å². The van der Waals surface area contributed by atoms with Crippen molar-refractivity contribution in [1.29, 1.82) is 0 Å². The Hall–Kier alpha value is -2.78. The summed E-state index contributed by atoms with van der Waals surface area (Å²) < 4.78 is 6.89. The first kappa shape index (κ1) is 14.6. The zero-order chi connectivity index (χ0) is 15.1. The van der Waals surface area contributed by atoms with Crippen molar-refractivity contribution in [1.82, 2.24) is 9.55 Å². The van der Waals surface area contributed by atoms with Gasteiger partial charge in [-0.1, -0.05) is 17.9 Å². The van der Waals surface area contributed by atoms with Crippen LogP contribution >= 0.6 is 0 Å². The molecular formula is C15H14N2O4. The summed E-state index contributed by atoms with van der Waals surface area (Å²) in [6.07, 6.45) is 1.42. The topological polar surface area (TPSA) is 84.3 Å². The van der Waals surface area contributed by atoms with Crippen LogP contribution in [0.15, 0.2) is 46.1 Å². The number of ether oxygens (including phenoxy) is 1. The van der Waals surface area contributed by atoms with Crippen LogP contribution in [0.2, 0.25) is 0 Å². The lowest BCUT2D eigenvalue weighted by Crippen LogP contribution is -2.30. The minimum absolute atomic E-state index is 0.194. The van der Waals surface area contributed by atoms with Crippen LogP contribution < -0.4 is 16.0 Å². The van der Waals surface area contributed by atoms with Gasteiger partial charge in [-0.2, -0.15) is 0 Å². The minimum Gasteiger partial charge on any atom is -0.492 e. The second kappa shape index (κ2) is 7.12. The van der Waals surface area contributed by atoms with E-state index >= 15 is 0 Å². The first-order valence-corrected chi connectivity index (χ1v) is 6.31. The molecule has 2 N–H and O–H groups in total. The highest BCUT2D eigenvalue weighted by atomic mass is 16.5. The summed E-state index contributed by atoms with van der Waals surface area (Å²) in [7, 11) is 0. The molecule has 0 atom stereocenters. The largest absolute Gasteiger partial charge is 0.492 e. The lowest BCUT2D eigenvalue weighted by molar-refractivity contribution is 0.295. The van der Waals surface area contributed by atoms with Gasteiger partial charge >= 0.3 is 5.69 Å². The second-order valence-corrected chi connectivity index (χ2v) is 4.14. The van der Waals surface area contributed by atoms with Gasteiger partial charge in [0.05, 0.1) is 6.54 Å². The molecule has 0 bridgehead atoms. The normalized spacial score (nSPS) is 9.76. The number of aromatic amines is 1. The predicted octanol–water partition coefficient (Wildman–Crippen LogP) is -0.0406. The van der Waals surface area contributed by atoms with E-state index in [-0.39, 0.29) is 13.2 Å². The van der Waals surface area contributed by atoms with E-state index in [1.54, 1.807) is 18.2 Å². The fourth-order valence-corrected chi connectivity index (χ4v) is 1.69. The molecule has 2 aromatic rings. The smallest absolute Gasteiger partial charge is 0.328 e. The summed E-state index contributed by atoms with van der Waals surface area (Å²) in [6.45, 7) is 0.408. The van der Waals surface area contributed by atoms with Crippen molar-refractivity contribution < 1.29 is 9.84 Å². The summed E-state index contributed by atoms with van der Waals surface area (Å²) in [4.78, 5) is 24.6. The van der Waals surface area contributed by atoms with E-state index in [1.165, 1.54) is 16.8 Å². The van der Waals surface area contributed by atoms with Crippen LogP contribution in [0.3, 0.4) is 0 Å². The molecule has 0 spiro atoms. The maximum absolute atomic E-state index is 11.5. The van der Waals surface area contributed by atoms with Gasteiger partial charge in [-0.15, -0.1) is 0 Å². The molecule has 0 amide bonds. The van der Waals surface area contributed by atoms with Gasteiger partial charge in [-0.05, 0) is 18.2 Å². The Morgan fingerprint density at radius 1 is 1.29 bits per heavy atom. The molecule has 0 aliphatic heterocycles. The average molecular weight is 286 g/mol. The number of benzene rings is 1. The highest BCUT2D eigenvalue weighted by molar-refractivity contribution is 5.39. The lowest BCUT2D eigenvalue weighted by atomic mass is 10.2. The molecule has 1 heterocycles. The van der Waals surface area contributed by atoms with Crippen LogP contribution in [-0.4, -0.2) is 27.9 Å². The number of hydrogen-bond acceptors (Lipinski definition) is 4. The van der Waals surface area contributed by atoms with Gasteiger partial charge in [0, 0.05) is 17.8 Å². The molecule has 0 aliphatic carbocycles. The van der Waals surface area contributed by atoms with Crippen LogP contribution in [0.25, 0.3) is 0 Å². The van der Waals surface area contributed by atoms with Crippen molar-refractivity contribution in [3.63, 3.8) is 0 Å². The van der Waals surface area contributed by atoms with Crippen LogP contribution in [0.5, 0.6) is 5.75 Å². The molecule has 0 saturated heterocycles. The predicted molar refractivity (Wildman–Crippen MR) is 77.2 cm³/mol. The second-order valence-electron chi connectivity index (χ2n) is 4.14. The third-order valence-electron chi connectivity index (χ3n) is 2.64. The first-order chi connectivity index (χ1) is 10.2. The Kier molecular flexibility index (Phi) is 4.96. The summed E-state index contributed by atoms with van der Waals surface area (Å²) in [6, 6.07) is 8.41. The molecule has 1 aromatic heterocycles. The summed E-state index contributed by atoms with van der Waals surface area (Å²) >= 11 is 0. The van der Waals surface area contributed by atoms with Gasteiger partial charge in [0.1, 0.15) is 19.0 Å². The molecule has 1 aromatic carbocycles. The van der Waals surface area contributed by atoms with E-state index in [9.17, 15) is 9.59 Å². The lowest BCUT2D eigenvalue weighted by Gasteiger charge is -2.07. The third kappa shape index (κ3) is 4.37. The maximum atomic E-state index is 11.5. The Labute approximate surface area is 120 Å². The molecule has 21 heavy (non-hydrogen) atoms. The number of aliphatic hydroxyl groups excluding tert-OH is 1. The standard InChI is InChI=1S/C15H14N2O4/c18-9-2-4-12-3-1-5-13(11-12)21-10-8-17-7-6-14(19)16-15(17)20/h1,3,5-7,11,18H,8-10H2,(H,16,19,20). The number of rotatable bonds is 4. The molecule has 6 heteroatoms. The third-order valence-corrected chi connectivity index (χ3v) is 2.64.